The lowest BCUT2D eigenvalue weighted by atomic mass is 10.1. The molecule has 42 heavy (non-hydrogen) atoms. The van der Waals surface area contributed by atoms with Gasteiger partial charge in [-0.3, -0.25) is 14.5 Å². The van der Waals surface area contributed by atoms with Crippen LogP contribution in [0, 0.1) is 0 Å². The van der Waals surface area contributed by atoms with Gasteiger partial charge in [0.1, 0.15) is 5.60 Å². The van der Waals surface area contributed by atoms with E-state index in [0.29, 0.717) is 5.56 Å². The first kappa shape index (κ1) is 30.9. The number of ether oxygens (including phenoxy) is 3. The second kappa shape index (κ2) is 11.3. The van der Waals surface area contributed by atoms with Gasteiger partial charge in [0, 0.05) is 12.7 Å². The average Bonchev–Trinajstić information content (AvgIpc) is 3.42. The van der Waals surface area contributed by atoms with Crippen LogP contribution in [0.25, 0.3) is 5.65 Å². The molecule has 1 N–H and O–H groups in total. The van der Waals surface area contributed by atoms with Gasteiger partial charge < -0.3 is 19.5 Å². The van der Waals surface area contributed by atoms with Crippen molar-refractivity contribution in [2.75, 3.05) is 20.3 Å². The molecule has 3 aromatic rings. The molecule has 4 rings (SSSR count). The first-order chi connectivity index (χ1) is 19.5. The Morgan fingerprint density at radius 1 is 1.02 bits per heavy atom. The largest absolute Gasteiger partial charge is 0.444 e. The van der Waals surface area contributed by atoms with Gasteiger partial charge in [0.15, 0.2) is 11.2 Å². The summed E-state index contributed by atoms with van der Waals surface area (Å²) in [4.78, 5) is 44.4. The van der Waals surface area contributed by atoms with Crippen molar-refractivity contribution in [3.8, 4) is 0 Å². The predicted molar refractivity (Wildman–Crippen MR) is 143 cm³/mol. The number of benzene rings is 1. The molecular formula is C28H32F3N5O6. The molecular weight excluding hydrogens is 559 g/mol. The molecule has 2 aromatic heterocycles. The maximum Gasteiger partial charge on any atom is 0.416 e. The van der Waals surface area contributed by atoms with E-state index in [0.717, 1.165) is 18.7 Å². The van der Waals surface area contributed by atoms with Crippen LogP contribution in [-0.4, -0.2) is 75.1 Å². The number of nitrogens with one attached hydrogen (secondary N) is 1. The van der Waals surface area contributed by atoms with Crippen LogP contribution in [0.4, 0.5) is 18.0 Å². The summed E-state index contributed by atoms with van der Waals surface area (Å²) >= 11 is 0. The van der Waals surface area contributed by atoms with Crippen LogP contribution in [0.1, 0.15) is 78.7 Å². The first-order valence-corrected chi connectivity index (χ1v) is 13.0. The number of methoxy groups -OCH3 is 1. The van der Waals surface area contributed by atoms with E-state index < -0.39 is 54.0 Å². The van der Waals surface area contributed by atoms with Crippen LogP contribution in [0.5, 0.6) is 0 Å². The normalized spacial score (nSPS) is 15.6. The molecule has 1 aliphatic rings. The zero-order valence-corrected chi connectivity index (χ0v) is 24.0. The molecule has 0 spiro atoms. The molecule has 0 unspecified atom stereocenters. The highest BCUT2D eigenvalue weighted by Crippen LogP contribution is 2.34. The number of carbonyl (C=O) groups is 3. The Kier molecular flexibility index (Phi) is 8.33. The van der Waals surface area contributed by atoms with Crippen LogP contribution in [-0.2, 0) is 14.2 Å². The number of nitrogens with zero attached hydrogens (tertiary/aromatic N) is 4. The molecule has 1 aliphatic heterocycles. The number of imide groups is 1. The molecule has 226 valence electrons. The summed E-state index contributed by atoms with van der Waals surface area (Å²) in [6, 6.07) is 6.07. The number of alkyl halides is 3. The molecule has 11 nitrogen and oxygen atoms in total. The molecule has 0 bridgehead atoms. The third-order valence-corrected chi connectivity index (χ3v) is 6.55. The van der Waals surface area contributed by atoms with Gasteiger partial charge in [0.05, 0.1) is 54.5 Å². The van der Waals surface area contributed by atoms with Crippen molar-refractivity contribution in [3.05, 3.63) is 65.1 Å². The van der Waals surface area contributed by atoms with Gasteiger partial charge in [0.2, 0.25) is 0 Å². The van der Waals surface area contributed by atoms with Crippen molar-refractivity contribution in [3.63, 3.8) is 0 Å². The lowest BCUT2D eigenvalue weighted by molar-refractivity contribution is -0.265. The van der Waals surface area contributed by atoms with Gasteiger partial charge in [0.25, 0.3) is 11.8 Å². The maximum absolute atomic E-state index is 13.5. The minimum atomic E-state index is -4.67. The van der Waals surface area contributed by atoms with Crippen molar-refractivity contribution in [2.24, 2.45) is 0 Å². The van der Waals surface area contributed by atoms with Crippen molar-refractivity contribution < 1.29 is 41.8 Å². The van der Waals surface area contributed by atoms with Crippen LogP contribution >= 0.6 is 0 Å². The number of rotatable bonds is 9. The zero-order chi connectivity index (χ0) is 31.0. The molecule has 0 aliphatic carbocycles. The number of hydrogen-bond acceptors (Lipinski definition) is 8. The minimum absolute atomic E-state index is 0.0277. The van der Waals surface area contributed by atoms with E-state index in [1.165, 1.54) is 24.0 Å². The van der Waals surface area contributed by atoms with Crippen LogP contribution < -0.4 is 5.32 Å². The van der Waals surface area contributed by atoms with Crippen molar-refractivity contribution in [1.82, 2.24) is 24.8 Å². The molecule has 0 fully saturated rings. The topological polar surface area (TPSA) is 124 Å². The minimum Gasteiger partial charge on any atom is -0.444 e. The fourth-order valence-corrected chi connectivity index (χ4v) is 4.25. The first-order valence-electron chi connectivity index (χ1n) is 13.0. The maximum atomic E-state index is 13.5. The summed E-state index contributed by atoms with van der Waals surface area (Å²) in [5.41, 5.74) is -2.00. The standard InChI is InChI=1S/C28H32F3N5O6/c1-26(2,3)42-25(39)34-20(14-41-27(4,5)28(29,30)31)19-13-35-22(33-19)11-16(12-32-35)21(15-40-6)36-23(37)17-9-7-8-10-18(17)24(36)38/h7-13,20-21H,14-15H2,1-6H3,(H,34,39)/t20-,21+/m0/s1. The van der Waals surface area contributed by atoms with E-state index in [4.69, 9.17) is 14.2 Å². The fourth-order valence-electron chi connectivity index (χ4n) is 4.25. The smallest absolute Gasteiger partial charge is 0.416 e. The van der Waals surface area contributed by atoms with Crippen LogP contribution in [0.2, 0.25) is 0 Å². The van der Waals surface area contributed by atoms with Gasteiger partial charge >= 0.3 is 12.3 Å². The second-order valence-electron chi connectivity index (χ2n) is 11.3. The van der Waals surface area contributed by atoms with Gasteiger partial charge in [-0.1, -0.05) is 12.1 Å². The number of halogens is 3. The lowest BCUT2D eigenvalue weighted by Gasteiger charge is -2.30. The van der Waals surface area contributed by atoms with Crippen molar-refractivity contribution in [2.45, 2.75) is 64.1 Å². The summed E-state index contributed by atoms with van der Waals surface area (Å²) in [5.74, 6) is -0.958. The second-order valence-corrected chi connectivity index (χ2v) is 11.3. The highest BCUT2D eigenvalue weighted by molar-refractivity contribution is 6.21. The Balaban J connectivity index is 1.66. The Bertz CT molecular complexity index is 1460. The summed E-state index contributed by atoms with van der Waals surface area (Å²) in [7, 11) is 1.43. The van der Waals surface area contributed by atoms with Crippen molar-refractivity contribution in [1.29, 1.82) is 0 Å². The molecule has 1 aromatic carbocycles. The third-order valence-electron chi connectivity index (χ3n) is 6.55. The number of alkyl carbamates (subject to hydrolysis) is 1. The van der Waals surface area contributed by atoms with E-state index in [-0.39, 0.29) is 29.1 Å². The number of fused-ring (bicyclic) bond motifs is 2. The number of aromatic nitrogens is 3. The highest BCUT2D eigenvalue weighted by Gasteiger charge is 2.49. The molecule has 0 saturated carbocycles. The van der Waals surface area contributed by atoms with Gasteiger partial charge in [-0.2, -0.15) is 18.3 Å². The number of imidazole rings is 1. The highest BCUT2D eigenvalue weighted by atomic mass is 19.4. The third kappa shape index (κ3) is 6.39. The Labute approximate surface area is 239 Å². The summed E-state index contributed by atoms with van der Waals surface area (Å²) in [5, 5.41) is 6.85. The fraction of sp³-hybridized carbons (Fsp3) is 0.464. The van der Waals surface area contributed by atoms with Crippen molar-refractivity contribution >= 4 is 23.6 Å². The average molecular weight is 592 g/mol. The predicted octanol–water partition coefficient (Wildman–Crippen LogP) is 4.64. The summed E-state index contributed by atoms with van der Waals surface area (Å²) in [6.07, 6.45) is -2.68. The van der Waals surface area contributed by atoms with Gasteiger partial charge in [-0.25, -0.2) is 14.3 Å². The quantitative estimate of drug-likeness (QED) is 0.357. The molecule has 0 radical (unpaired) electrons. The lowest BCUT2D eigenvalue weighted by Crippen LogP contribution is -2.44. The summed E-state index contributed by atoms with van der Waals surface area (Å²) < 4.78 is 57.5. The van der Waals surface area contributed by atoms with E-state index >= 15 is 0 Å². The van der Waals surface area contributed by atoms with Crippen LogP contribution in [0.15, 0.2) is 42.7 Å². The summed E-state index contributed by atoms with van der Waals surface area (Å²) in [6.45, 7) is 6.09. The molecule has 3 heterocycles. The van der Waals surface area contributed by atoms with Gasteiger partial charge in [-0.15, -0.1) is 0 Å². The van der Waals surface area contributed by atoms with E-state index in [2.05, 4.69) is 15.4 Å². The van der Waals surface area contributed by atoms with E-state index in [1.807, 2.05) is 0 Å². The Morgan fingerprint density at radius 3 is 2.19 bits per heavy atom. The molecule has 0 saturated heterocycles. The molecule has 2 atom stereocenters. The zero-order valence-electron chi connectivity index (χ0n) is 24.0. The van der Waals surface area contributed by atoms with E-state index in [1.54, 1.807) is 51.1 Å². The molecule has 3 amide bonds. The van der Waals surface area contributed by atoms with E-state index in [9.17, 15) is 27.6 Å². The van der Waals surface area contributed by atoms with Gasteiger partial charge in [-0.05, 0) is 52.8 Å². The molecule has 14 heteroatoms. The number of hydrogen-bond donors (Lipinski definition) is 1. The SMILES string of the molecule is COC[C@H](c1cnn2cc([C@H](COC(C)(C)C(F)(F)F)NC(=O)OC(C)(C)C)nc2c1)N1C(=O)c2ccccc2C1=O. The monoisotopic (exact) mass is 591 g/mol. The number of carbonyl (C=O) groups excluding carboxylic acids is 3. The number of amides is 3. The Hall–Kier alpha value is -4.04. The van der Waals surface area contributed by atoms with Crippen LogP contribution in [0.3, 0.4) is 0 Å². The Morgan fingerprint density at radius 2 is 1.64 bits per heavy atom.